The first-order valence-corrected chi connectivity index (χ1v) is 13.8. The average Bonchev–Trinajstić information content (AvgIpc) is 2.80. The lowest BCUT2D eigenvalue weighted by Crippen LogP contribution is -2.51. The largest absolute Gasteiger partial charge is 0.497 e. The second-order valence-corrected chi connectivity index (χ2v) is 11.9. The highest BCUT2D eigenvalue weighted by molar-refractivity contribution is 6.00. The van der Waals surface area contributed by atoms with Gasteiger partial charge in [0.05, 0.1) is 18.6 Å². The van der Waals surface area contributed by atoms with Gasteiger partial charge in [-0.2, -0.15) is 0 Å². The molecule has 3 rings (SSSR count). The van der Waals surface area contributed by atoms with Crippen LogP contribution in [0.1, 0.15) is 73.6 Å². The second-order valence-electron chi connectivity index (χ2n) is 11.9. The molecule has 1 heterocycles. The number of hydrogen-bond acceptors (Lipinski definition) is 6. The van der Waals surface area contributed by atoms with Crippen LogP contribution in [-0.2, 0) is 19.1 Å². The number of carbonyl (C=O) groups is 3. The number of hydrogen-bond donors (Lipinski definition) is 2. The quantitative estimate of drug-likeness (QED) is 0.337. The predicted molar refractivity (Wildman–Crippen MR) is 143 cm³/mol. The number of ketones is 3. The molecule has 0 bridgehead atoms. The molecule has 2 aliphatic carbocycles. The van der Waals surface area contributed by atoms with Gasteiger partial charge >= 0.3 is 0 Å². The van der Waals surface area contributed by atoms with Crippen molar-refractivity contribution in [1.82, 2.24) is 0 Å². The van der Waals surface area contributed by atoms with Crippen molar-refractivity contribution in [2.75, 3.05) is 6.61 Å². The van der Waals surface area contributed by atoms with Gasteiger partial charge in [0.15, 0.2) is 11.6 Å². The summed E-state index contributed by atoms with van der Waals surface area (Å²) in [7, 11) is 0. The fourth-order valence-corrected chi connectivity index (χ4v) is 6.13. The lowest BCUT2D eigenvalue weighted by molar-refractivity contribution is -0.142. The zero-order valence-corrected chi connectivity index (χ0v) is 23.2. The number of carbonyl (C=O) groups excluding carboxylic acids is 3. The molecule has 1 aliphatic heterocycles. The van der Waals surface area contributed by atoms with Gasteiger partial charge in [-0.05, 0) is 68.2 Å². The molecular weight excluding hydrogens is 468 g/mol. The number of aliphatic hydroxyl groups excluding tert-OH is 1. The Morgan fingerprint density at radius 2 is 1.95 bits per heavy atom. The third-order valence-corrected chi connectivity index (χ3v) is 8.45. The number of allylic oxidation sites excluding steroid dienone is 6. The average molecular weight is 513 g/mol. The summed E-state index contributed by atoms with van der Waals surface area (Å²) < 4.78 is 6.04. The molecule has 6 heteroatoms. The Kier molecular flexibility index (Phi) is 9.52. The van der Waals surface area contributed by atoms with Gasteiger partial charge in [0.25, 0.3) is 0 Å². The van der Waals surface area contributed by atoms with Crippen molar-refractivity contribution >= 4 is 17.3 Å². The molecule has 0 aromatic rings. The van der Waals surface area contributed by atoms with E-state index in [0.29, 0.717) is 29.6 Å². The van der Waals surface area contributed by atoms with E-state index in [0.717, 1.165) is 18.4 Å². The summed E-state index contributed by atoms with van der Waals surface area (Å²) in [4.78, 5) is 38.5. The van der Waals surface area contributed by atoms with Crippen LogP contribution in [0.3, 0.4) is 0 Å². The van der Waals surface area contributed by atoms with Crippen LogP contribution in [0.25, 0.3) is 0 Å². The van der Waals surface area contributed by atoms with Gasteiger partial charge in [-0.3, -0.25) is 14.4 Å². The lowest BCUT2D eigenvalue weighted by atomic mass is 9.66. The minimum Gasteiger partial charge on any atom is -0.497 e. The first kappa shape index (κ1) is 29.2. The number of aliphatic hydroxyl groups is 2. The molecule has 0 aromatic heterocycles. The van der Waals surface area contributed by atoms with Crippen LogP contribution in [0.4, 0.5) is 0 Å². The van der Waals surface area contributed by atoms with E-state index in [1.54, 1.807) is 12.2 Å². The van der Waals surface area contributed by atoms with E-state index in [2.05, 4.69) is 26.8 Å². The summed E-state index contributed by atoms with van der Waals surface area (Å²) >= 11 is 0. The van der Waals surface area contributed by atoms with Crippen LogP contribution in [-0.4, -0.2) is 45.9 Å². The second kappa shape index (κ2) is 12.0. The smallest absolute Gasteiger partial charge is 0.187 e. The fourth-order valence-electron chi connectivity index (χ4n) is 6.13. The topological polar surface area (TPSA) is 101 Å². The zero-order valence-electron chi connectivity index (χ0n) is 23.2. The van der Waals surface area contributed by atoms with Crippen molar-refractivity contribution in [3.63, 3.8) is 0 Å². The molecule has 1 fully saturated rings. The highest BCUT2D eigenvalue weighted by atomic mass is 16.5. The van der Waals surface area contributed by atoms with Gasteiger partial charge in [0, 0.05) is 24.7 Å². The van der Waals surface area contributed by atoms with Crippen LogP contribution >= 0.6 is 0 Å². The highest BCUT2D eigenvalue weighted by Crippen LogP contribution is 2.44. The molecule has 0 amide bonds. The molecule has 3 aliphatic rings. The first-order valence-electron chi connectivity index (χ1n) is 13.8. The molecule has 3 unspecified atom stereocenters. The van der Waals surface area contributed by atoms with E-state index in [-0.39, 0.29) is 42.9 Å². The molecule has 1 saturated carbocycles. The minimum absolute atomic E-state index is 0.0183. The first-order chi connectivity index (χ1) is 17.3. The third kappa shape index (κ3) is 6.97. The summed E-state index contributed by atoms with van der Waals surface area (Å²) in [6.45, 7) is 12.2. The Morgan fingerprint density at radius 3 is 2.59 bits per heavy atom. The number of ether oxygens (including phenoxy) is 1. The van der Waals surface area contributed by atoms with E-state index >= 15 is 0 Å². The molecule has 0 aromatic carbocycles. The van der Waals surface area contributed by atoms with Gasteiger partial charge in [-0.1, -0.05) is 51.8 Å². The van der Waals surface area contributed by atoms with Gasteiger partial charge in [0.1, 0.15) is 17.1 Å². The van der Waals surface area contributed by atoms with Crippen molar-refractivity contribution in [1.29, 1.82) is 0 Å². The number of Topliss-reactive ketones (excluding diaryl/α,β-unsaturated/α-hetero) is 1. The Morgan fingerprint density at radius 1 is 1.24 bits per heavy atom. The predicted octanol–water partition coefficient (Wildman–Crippen LogP) is 4.90. The van der Waals surface area contributed by atoms with E-state index in [4.69, 9.17) is 4.74 Å². The van der Waals surface area contributed by atoms with Crippen molar-refractivity contribution < 1.29 is 29.3 Å². The molecule has 6 nitrogen and oxygen atoms in total. The highest BCUT2D eigenvalue weighted by Gasteiger charge is 2.49. The Balaban J connectivity index is 1.75. The van der Waals surface area contributed by atoms with Gasteiger partial charge in [0.2, 0.25) is 0 Å². The van der Waals surface area contributed by atoms with E-state index in [9.17, 15) is 24.6 Å². The molecule has 0 spiro atoms. The van der Waals surface area contributed by atoms with Gasteiger partial charge in [-0.25, -0.2) is 0 Å². The summed E-state index contributed by atoms with van der Waals surface area (Å²) in [6, 6.07) is 0. The lowest BCUT2D eigenvalue weighted by Gasteiger charge is -2.43. The maximum absolute atomic E-state index is 12.9. The summed E-state index contributed by atoms with van der Waals surface area (Å²) in [5.41, 5.74) is 0.0296. The molecule has 0 saturated heterocycles. The standard InChI is InChI=1S/C31H44O6/c1-7-18(2)10-20(4)11-19(3)8-9-23(32)15-26-25-17-37-28(13-22(25)14-29(35)31(26,6)36)30-21(5)12-24(33)16-27(30)34/h8-9,11,13-14,18,20-21,24-26,30,33,36H,7,10,12,15-17H2,1-6H3/b9-8+,19-11+/t18?,20?,21-,24+,25?,26-,30+,31+/m0/s1. The van der Waals surface area contributed by atoms with E-state index in [1.807, 2.05) is 19.9 Å². The van der Waals surface area contributed by atoms with Crippen LogP contribution < -0.4 is 0 Å². The molecule has 0 radical (unpaired) electrons. The number of fused-ring (bicyclic) bond motifs is 1. The minimum atomic E-state index is -1.68. The molecule has 2 N–H and O–H groups in total. The monoisotopic (exact) mass is 512 g/mol. The zero-order chi connectivity index (χ0) is 27.5. The maximum Gasteiger partial charge on any atom is 0.187 e. The SMILES string of the molecule is CCC(C)CC(C)/C=C(C)/C=C/C(=O)C[C@H]1C2COC([C@H]3C(=O)C[C@H](O)C[C@@H]3C)=CC2=CC(=O)[C@]1(C)O. The van der Waals surface area contributed by atoms with Crippen LogP contribution in [0.15, 0.2) is 47.3 Å². The van der Waals surface area contributed by atoms with Crippen molar-refractivity contribution in [3.8, 4) is 0 Å². The molecule has 8 atom stereocenters. The van der Waals surface area contributed by atoms with Gasteiger partial charge in [-0.15, -0.1) is 0 Å². The van der Waals surface area contributed by atoms with Crippen LogP contribution in [0.5, 0.6) is 0 Å². The van der Waals surface area contributed by atoms with Crippen LogP contribution in [0.2, 0.25) is 0 Å². The molecular formula is C31H44O6. The Bertz CT molecular complexity index is 1010. The fraction of sp³-hybridized carbons (Fsp3) is 0.645. The van der Waals surface area contributed by atoms with Crippen LogP contribution in [0, 0.1) is 35.5 Å². The Hall–Kier alpha value is -2.31. The summed E-state index contributed by atoms with van der Waals surface area (Å²) in [5, 5.41) is 21.0. The maximum atomic E-state index is 12.9. The van der Waals surface area contributed by atoms with Gasteiger partial charge < -0.3 is 14.9 Å². The third-order valence-electron chi connectivity index (χ3n) is 8.45. The number of rotatable bonds is 9. The molecule has 204 valence electrons. The molecule has 37 heavy (non-hydrogen) atoms. The van der Waals surface area contributed by atoms with Crippen molar-refractivity contribution in [2.45, 2.75) is 85.4 Å². The van der Waals surface area contributed by atoms with Crippen molar-refractivity contribution in [2.24, 2.45) is 35.5 Å². The van der Waals surface area contributed by atoms with E-state index in [1.165, 1.54) is 13.0 Å². The summed E-state index contributed by atoms with van der Waals surface area (Å²) in [6.07, 6.45) is 10.9. The van der Waals surface area contributed by atoms with E-state index < -0.39 is 29.3 Å². The Labute approximate surface area is 221 Å². The van der Waals surface area contributed by atoms with Crippen molar-refractivity contribution in [3.05, 3.63) is 47.3 Å². The summed E-state index contributed by atoms with van der Waals surface area (Å²) in [5.74, 6) is -0.573. The normalized spacial score (nSPS) is 34.4.